The molecule has 3 nitrogen and oxygen atoms in total. The maximum Gasteiger partial charge on any atom is 0.252 e. The highest BCUT2D eigenvalue weighted by molar-refractivity contribution is 9.11. The lowest BCUT2D eigenvalue weighted by molar-refractivity contribution is 0.0900. The summed E-state index contributed by atoms with van der Waals surface area (Å²) in [6.45, 7) is 6.56. The molecule has 2 rings (SSSR count). The molecule has 20 heavy (non-hydrogen) atoms. The second-order valence-corrected chi connectivity index (χ2v) is 7.27. The Kier molecular flexibility index (Phi) is 5.64. The molecular weight excluding hydrogens is 384 g/mol. The first kappa shape index (κ1) is 16.0. The molecule has 1 N–H and O–H groups in total. The zero-order valence-electron chi connectivity index (χ0n) is 11.8. The molecule has 0 atom stereocenters. The SMILES string of the molecule is CC(C)N1CCC(NC(=O)c2ccc(Br)cc2Br)CC1. The van der Waals surface area contributed by atoms with E-state index in [-0.39, 0.29) is 11.9 Å². The summed E-state index contributed by atoms with van der Waals surface area (Å²) in [7, 11) is 0. The van der Waals surface area contributed by atoms with E-state index in [2.05, 4.69) is 55.9 Å². The third kappa shape index (κ3) is 4.06. The smallest absolute Gasteiger partial charge is 0.252 e. The third-order valence-corrected chi connectivity index (χ3v) is 4.92. The molecule has 0 bridgehead atoms. The molecule has 1 aromatic carbocycles. The van der Waals surface area contributed by atoms with Gasteiger partial charge in [-0.25, -0.2) is 0 Å². The summed E-state index contributed by atoms with van der Waals surface area (Å²) in [5.74, 6) is 0.00683. The van der Waals surface area contributed by atoms with E-state index < -0.39 is 0 Å². The minimum Gasteiger partial charge on any atom is -0.349 e. The second kappa shape index (κ2) is 7.05. The molecule has 110 valence electrons. The van der Waals surface area contributed by atoms with Crippen molar-refractivity contribution in [1.82, 2.24) is 10.2 Å². The second-order valence-electron chi connectivity index (χ2n) is 5.50. The van der Waals surface area contributed by atoms with Crippen LogP contribution in [0.4, 0.5) is 0 Å². The van der Waals surface area contributed by atoms with Crippen molar-refractivity contribution in [2.45, 2.75) is 38.8 Å². The van der Waals surface area contributed by atoms with Gasteiger partial charge in [0.15, 0.2) is 0 Å². The topological polar surface area (TPSA) is 32.3 Å². The molecule has 0 radical (unpaired) electrons. The van der Waals surface area contributed by atoms with E-state index in [4.69, 9.17) is 0 Å². The van der Waals surface area contributed by atoms with Crippen LogP contribution in [-0.4, -0.2) is 36.0 Å². The molecule has 1 heterocycles. The molecule has 1 aliphatic heterocycles. The van der Waals surface area contributed by atoms with E-state index in [9.17, 15) is 4.79 Å². The van der Waals surface area contributed by atoms with Gasteiger partial charge in [-0.15, -0.1) is 0 Å². The summed E-state index contributed by atoms with van der Waals surface area (Å²) in [5.41, 5.74) is 0.694. The van der Waals surface area contributed by atoms with Crippen LogP contribution in [0, 0.1) is 0 Å². The van der Waals surface area contributed by atoms with Gasteiger partial charge in [0.05, 0.1) is 5.56 Å². The van der Waals surface area contributed by atoms with Crippen molar-refractivity contribution in [3.8, 4) is 0 Å². The molecule has 0 spiro atoms. The average molecular weight is 404 g/mol. The Bertz CT molecular complexity index is 483. The molecule has 0 aromatic heterocycles. The zero-order valence-corrected chi connectivity index (χ0v) is 15.0. The van der Waals surface area contributed by atoms with Gasteiger partial charge in [-0.3, -0.25) is 4.79 Å². The minimum atomic E-state index is 0.00683. The maximum absolute atomic E-state index is 12.3. The summed E-state index contributed by atoms with van der Waals surface area (Å²) in [4.78, 5) is 14.7. The molecule has 1 aromatic rings. The molecule has 1 aliphatic rings. The highest BCUT2D eigenvalue weighted by Gasteiger charge is 2.22. The van der Waals surface area contributed by atoms with Crippen LogP contribution in [0.15, 0.2) is 27.1 Å². The lowest BCUT2D eigenvalue weighted by Gasteiger charge is -2.34. The largest absolute Gasteiger partial charge is 0.349 e. The maximum atomic E-state index is 12.3. The first-order chi connectivity index (χ1) is 9.47. The van der Waals surface area contributed by atoms with Crippen LogP contribution in [0.5, 0.6) is 0 Å². The number of carbonyl (C=O) groups is 1. The molecule has 0 unspecified atom stereocenters. The van der Waals surface area contributed by atoms with Gasteiger partial charge >= 0.3 is 0 Å². The molecule has 0 aliphatic carbocycles. The molecule has 5 heteroatoms. The molecular formula is C15H20Br2N2O. The van der Waals surface area contributed by atoms with E-state index in [0.29, 0.717) is 11.6 Å². The highest BCUT2D eigenvalue weighted by Crippen LogP contribution is 2.22. The van der Waals surface area contributed by atoms with Gasteiger partial charge in [0.2, 0.25) is 0 Å². The van der Waals surface area contributed by atoms with Crippen LogP contribution < -0.4 is 5.32 Å². The number of nitrogens with one attached hydrogen (secondary N) is 1. The van der Waals surface area contributed by atoms with Crippen molar-refractivity contribution in [3.63, 3.8) is 0 Å². The fraction of sp³-hybridized carbons (Fsp3) is 0.533. The van der Waals surface area contributed by atoms with Gasteiger partial charge in [-0.05, 0) is 60.8 Å². The van der Waals surface area contributed by atoms with E-state index in [1.165, 1.54) is 0 Å². The minimum absolute atomic E-state index is 0.00683. The van der Waals surface area contributed by atoms with Crippen LogP contribution in [0.3, 0.4) is 0 Å². The molecule has 1 amide bonds. The van der Waals surface area contributed by atoms with Crippen molar-refractivity contribution in [2.24, 2.45) is 0 Å². The first-order valence-corrected chi connectivity index (χ1v) is 8.56. The molecule has 0 saturated carbocycles. The monoisotopic (exact) mass is 402 g/mol. The Morgan fingerprint density at radius 3 is 2.50 bits per heavy atom. The summed E-state index contributed by atoms with van der Waals surface area (Å²) < 4.78 is 1.79. The molecule has 1 fully saturated rings. The predicted octanol–water partition coefficient (Wildman–Crippen LogP) is 3.81. The quantitative estimate of drug-likeness (QED) is 0.831. The number of rotatable bonds is 3. The Balaban J connectivity index is 1.92. The summed E-state index contributed by atoms with van der Waals surface area (Å²) in [5, 5.41) is 3.14. The Morgan fingerprint density at radius 1 is 1.30 bits per heavy atom. The Morgan fingerprint density at radius 2 is 1.95 bits per heavy atom. The van der Waals surface area contributed by atoms with Crippen molar-refractivity contribution < 1.29 is 4.79 Å². The van der Waals surface area contributed by atoms with Crippen LogP contribution >= 0.6 is 31.9 Å². The summed E-state index contributed by atoms with van der Waals surface area (Å²) in [6, 6.07) is 6.50. The standard InChI is InChI=1S/C15H20Br2N2O/c1-10(2)19-7-5-12(6-8-19)18-15(20)13-4-3-11(16)9-14(13)17/h3-4,9-10,12H,5-8H2,1-2H3,(H,18,20). The van der Waals surface area contributed by atoms with Crippen molar-refractivity contribution in [2.75, 3.05) is 13.1 Å². The lowest BCUT2D eigenvalue weighted by atomic mass is 10.0. The van der Waals surface area contributed by atoms with Gasteiger partial charge in [-0.1, -0.05) is 15.9 Å². The van der Waals surface area contributed by atoms with Gasteiger partial charge in [0, 0.05) is 34.1 Å². The van der Waals surface area contributed by atoms with Crippen molar-refractivity contribution >= 4 is 37.8 Å². The third-order valence-electron chi connectivity index (χ3n) is 3.77. The fourth-order valence-electron chi connectivity index (χ4n) is 2.50. The lowest BCUT2D eigenvalue weighted by Crippen LogP contribution is -2.46. The van der Waals surface area contributed by atoms with Crippen LogP contribution in [0.2, 0.25) is 0 Å². The first-order valence-electron chi connectivity index (χ1n) is 6.97. The van der Waals surface area contributed by atoms with Gasteiger partial charge in [0.1, 0.15) is 0 Å². The zero-order chi connectivity index (χ0) is 14.7. The number of hydrogen-bond acceptors (Lipinski definition) is 2. The molecule has 1 saturated heterocycles. The van der Waals surface area contributed by atoms with E-state index in [1.54, 1.807) is 0 Å². The van der Waals surface area contributed by atoms with Gasteiger partial charge < -0.3 is 10.2 Å². The van der Waals surface area contributed by atoms with Crippen LogP contribution in [0.1, 0.15) is 37.0 Å². The number of nitrogens with zero attached hydrogens (tertiary/aromatic N) is 1. The van der Waals surface area contributed by atoms with Gasteiger partial charge in [0.25, 0.3) is 5.91 Å². The highest BCUT2D eigenvalue weighted by atomic mass is 79.9. The number of benzene rings is 1. The van der Waals surface area contributed by atoms with Crippen LogP contribution in [-0.2, 0) is 0 Å². The Labute approximate surface area is 137 Å². The number of amides is 1. The predicted molar refractivity (Wildman–Crippen MR) is 89.0 cm³/mol. The number of halogens is 2. The van der Waals surface area contributed by atoms with E-state index in [0.717, 1.165) is 34.9 Å². The average Bonchev–Trinajstić information content (AvgIpc) is 2.39. The fourth-order valence-corrected chi connectivity index (χ4v) is 3.72. The number of likely N-dealkylation sites (tertiary alicyclic amines) is 1. The van der Waals surface area contributed by atoms with Crippen molar-refractivity contribution in [1.29, 1.82) is 0 Å². The van der Waals surface area contributed by atoms with Crippen molar-refractivity contribution in [3.05, 3.63) is 32.7 Å². The number of hydrogen-bond donors (Lipinski definition) is 1. The van der Waals surface area contributed by atoms with E-state index >= 15 is 0 Å². The summed E-state index contributed by atoms with van der Waals surface area (Å²) >= 11 is 6.84. The normalized spacial score (nSPS) is 17.4. The van der Waals surface area contributed by atoms with Crippen LogP contribution in [0.25, 0.3) is 0 Å². The van der Waals surface area contributed by atoms with E-state index in [1.807, 2.05) is 18.2 Å². The van der Waals surface area contributed by atoms with Gasteiger partial charge in [-0.2, -0.15) is 0 Å². The number of piperidine rings is 1. The Hall–Kier alpha value is -0.390. The summed E-state index contributed by atoms with van der Waals surface area (Å²) in [6.07, 6.45) is 2.05. The number of carbonyl (C=O) groups excluding carboxylic acids is 1.